The van der Waals surface area contributed by atoms with Crippen LogP contribution in [0.1, 0.15) is 0 Å². The van der Waals surface area contributed by atoms with Crippen LogP contribution in [0.3, 0.4) is 0 Å². The number of aromatic nitrogens is 2. The molecule has 0 aliphatic carbocycles. The zero-order chi connectivity index (χ0) is 5.11. The summed E-state index contributed by atoms with van der Waals surface area (Å²) in [6.07, 6.45) is 1.45. The topological polar surface area (TPSA) is 38.1 Å². The predicted molar refractivity (Wildman–Crippen MR) is 29.1 cm³/mol. The Balaban J connectivity index is 2.96. The second-order valence-corrected chi connectivity index (χ2v) is 1.64. The maximum Gasteiger partial charge on any atom is 0.228 e. The molecule has 0 N–H and O–H groups in total. The van der Waals surface area contributed by atoms with E-state index < -0.39 is 0 Å². The first-order chi connectivity index (χ1) is 3.43. The maximum atomic E-state index is 3.71. The lowest BCUT2D eigenvalue weighted by atomic mass is 11.2. The van der Waals surface area contributed by atoms with E-state index >= 15 is 0 Å². The van der Waals surface area contributed by atoms with E-state index in [1.807, 2.05) is 0 Å². The first kappa shape index (κ1) is 4.39. The lowest BCUT2D eigenvalue weighted by Crippen LogP contribution is -1.51. The Labute approximate surface area is 44.9 Å². The molecule has 0 radical (unpaired) electrons. The van der Waals surface area contributed by atoms with Gasteiger partial charge in [0, 0.05) is 11.5 Å². The fourth-order valence-corrected chi connectivity index (χ4v) is 0.578. The van der Waals surface area contributed by atoms with Gasteiger partial charge in [0.2, 0.25) is 5.13 Å². The van der Waals surface area contributed by atoms with E-state index in [0.717, 1.165) is 0 Å². The molecule has 1 aromatic rings. The van der Waals surface area contributed by atoms with Gasteiger partial charge in [0.1, 0.15) is 6.33 Å². The van der Waals surface area contributed by atoms with Crippen LogP contribution in [0.4, 0.5) is 5.13 Å². The van der Waals surface area contributed by atoms with Crippen molar-refractivity contribution >= 4 is 23.4 Å². The molecule has 4 heteroatoms. The van der Waals surface area contributed by atoms with Crippen molar-refractivity contribution in [3.63, 3.8) is 0 Å². The minimum absolute atomic E-state index is 0.625. The number of hydrogen-bond acceptors (Lipinski definition) is 4. The van der Waals surface area contributed by atoms with Gasteiger partial charge in [0.15, 0.2) is 0 Å². The molecule has 0 aromatic carbocycles. The van der Waals surface area contributed by atoms with Crippen LogP contribution in [0, 0.1) is 0 Å². The third-order valence-electron chi connectivity index (χ3n) is 0.485. The Bertz CT molecular complexity index is 145. The molecule has 1 rings (SSSR count). The van der Waals surface area contributed by atoms with Gasteiger partial charge in [-0.2, -0.15) is 4.37 Å². The van der Waals surface area contributed by atoms with E-state index in [9.17, 15) is 0 Å². The van der Waals surface area contributed by atoms with Crippen molar-refractivity contribution in [2.75, 3.05) is 0 Å². The van der Waals surface area contributed by atoms with Crippen LogP contribution < -0.4 is 0 Å². The first-order valence-electron chi connectivity index (χ1n) is 1.67. The summed E-state index contributed by atoms with van der Waals surface area (Å²) in [5, 5.41) is 0.625. The average molecular weight is 113 g/mol. The van der Waals surface area contributed by atoms with Crippen LogP contribution in [0.5, 0.6) is 0 Å². The van der Waals surface area contributed by atoms with Gasteiger partial charge in [-0.1, -0.05) is 0 Å². The van der Waals surface area contributed by atoms with Gasteiger partial charge >= 0.3 is 0 Å². The lowest BCUT2D eigenvalue weighted by Gasteiger charge is -1.67. The molecule has 0 aliphatic heterocycles. The van der Waals surface area contributed by atoms with Gasteiger partial charge in [-0.15, -0.1) is 0 Å². The zero-order valence-corrected chi connectivity index (χ0v) is 4.35. The van der Waals surface area contributed by atoms with Crippen LogP contribution in [-0.2, 0) is 0 Å². The van der Waals surface area contributed by atoms with Crippen molar-refractivity contribution in [2.24, 2.45) is 4.99 Å². The third-order valence-corrected chi connectivity index (χ3v) is 1.08. The fraction of sp³-hybridized carbons (Fsp3) is 0. The molecular weight excluding hydrogens is 110 g/mol. The molecule has 0 atom stereocenters. The highest BCUT2D eigenvalue weighted by atomic mass is 32.1. The molecule has 1 aromatic heterocycles. The Hall–Kier alpha value is -0.770. The highest BCUT2D eigenvalue weighted by Crippen LogP contribution is 2.08. The van der Waals surface area contributed by atoms with E-state index in [2.05, 4.69) is 21.1 Å². The monoisotopic (exact) mass is 113 g/mol. The van der Waals surface area contributed by atoms with Crippen LogP contribution in [0.15, 0.2) is 11.3 Å². The molecule has 0 saturated carbocycles. The first-order valence-corrected chi connectivity index (χ1v) is 2.44. The van der Waals surface area contributed by atoms with Crippen molar-refractivity contribution in [3.05, 3.63) is 6.33 Å². The van der Waals surface area contributed by atoms with Gasteiger partial charge < -0.3 is 0 Å². The quantitative estimate of drug-likeness (QED) is 0.507. The maximum absolute atomic E-state index is 3.71. The second-order valence-electron chi connectivity index (χ2n) is 0.882. The normalized spacial score (nSPS) is 8.57. The number of rotatable bonds is 1. The fourth-order valence-electron chi connectivity index (χ4n) is 0.237. The molecule has 0 saturated heterocycles. The summed E-state index contributed by atoms with van der Waals surface area (Å²) in [6.45, 7) is 3.26. The van der Waals surface area contributed by atoms with Crippen LogP contribution >= 0.6 is 11.5 Å². The van der Waals surface area contributed by atoms with Crippen molar-refractivity contribution < 1.29 is 0 Å². The molecule has 3 nitrogen and oxygen atoms in total. The van der Waals surface area contributed by atoms with Crippen LogP contribution in [0.2, 0.25) is 0 Å². The average Bonchev–Trinajstić information content (AvgIpc) is 2.14. The molecule has 36 valence electrons. The van der Waals surface area contributed by atoms with E-state index in [-0.39, 0.29) is 0 Å². The minimum atomic E-state index is 0.625. The van der Waals surface area contributed by atoms with E-state index in [0.29, 0.717) is 5.13 Å². The highest BCUT2D eigenvalue weighted by molar-refractivity contribution is 7.09. The van der Waals surface area contributed by atoms with Gasteiger partial charge in [-0.05, 0) is 6.72 Å². The molecule has 0 unspecified atom stereocenters. The number of hydrogen-bond donors (Lipinski definition) is 0. The molecule has 0 amide bonds. The molecule has 0 bridgehead atoms. The summed E-state index contributed by atoms with van der Waals surface area (Å²) in [5.41, 5.74) is 0. The molecule has 1 heterocycles. The summed E-state index contributed by atoms with van der Waals surface area (Å²) >= 11 is 1.23. The number of aliphatic imine (C=N–C) groups is 1. The van der Waals surface area contributed by atoms with E-state index in [4.69, 9.17) is 0 Å². The largest absolute Gasteiger partial charge is 0.234 e. The second kappa shape index (κ2) is 1.79. The van der Waals surface area contributed by atoms with Gasteiger partial charge in [0.25, 0.3) is 0 Å². The predicted octanol–water partition coefficient (Wildman–Crippen LogP) is 0.870. The standard InChI is InChI=1S/C3H3N3S/c1-4-3-5-2-6-7-3/h2H,1H2. The summed E-state index contributed by atoms with van der Waals surface area (Å²) in [5.74, 6) is 0. The van der Waals surface area contributed by atoms with Crippen molar-refractivity contribution in [3.8, 4) is 0 Å². The van der Waals surface area contributed by atoms with Crippen molar-refractivity contribution in [1.82, 2.24) is 9.36 Å². The molecule has 7 heavy (non-hydrogen) atoms. The molecule has 0 aliphatic rings. The van der Waals surface area contributed by atoms with Crippen LogP contribution in [-0.4, -0.2) is 16.1 Å². The molecule has 0 fully saturated rings. The van der Waals surface area contributed by atoms with E-state index in [1.54, 1.807) is 0 Å². The van der Waals surface area contributed by atoms with E-state index in [1.165, 1.54) is 17.9 Å². The van der Waals surface area contributed by atoms with Gasteiger partial charge in [0.05, 0.1) is 0 Å². The summed E-state index contributed by atoms with van der Waals surface area (Å²) in [6, 6.07) is 0. The SMILES string of the molecule is C=Nc1ncns1. The third kappa shape index (κ3) is 0.806. The van der Waals surface area contributed by atoms with Crippen molar-refractivity contribution in [1.29, 1.82) is 0 Å². The van der Waals surface area contributed by atoms with Gasteiger partial charge in [-0.3, -0.25) is 0 Å². The Morgan fingerprint density at radius 1 is 1.86 bits per heavy atom. The Kier molecular flexibility index (Phi) is 1.12. The smallest absolute Gasteiger partial charge is 0.228 e. The molecular formula is C3H3N3S. The number of nitrogens with zero attached hydrogens (tertiary/aromatic N) is 3. The lowest BCUT2D eigenvalue weighted by molar-refractivity contribution is 1.31. The Morgan fingerprint density at radius 3 is 3.00 bits per heavy atom. The highest BCUT2D eigenvalue weighted by Gasteiger charge is 1.83. The van der Waals surface area contributed by atoms with Crippen LogP contribution in [0.25, 0.3) is 0 Å². The summed E-state index contributed by atoms with van der Waals surface area (Å²) < 4.78 is 3.69. The summed E-state index contributed by atoms with van der Waals surface area (Å²) in [7, 11) is 0. The Morgan fingerprint density at radius 2 is 2.71 bits per heavy atom. The summed E-state index contributed by atoms with van der Waals surface area (Å²) in [4.78, 5) is 7.24. The zero-order valence-electron chi connectivity index (χ0n) is 3.53. The van der Waals surface area contributed by atoms with Gasteiger partial charge in [-0.25, -0.2) is 9.98 Å². The molecule has 0 spiro atoms. The van der Waals surface area contributed by atoms with Crippen molar-refractivity contribution in [2.45, 2.75) is 0 Å². The minimum Gasteiger partial charge on any atom is -0.234 e.